The van der Waals surface area contributed by atoms with Crippen LogP contribution >= 0.6 is 0 Å². The Morgan fingerprint density at radius 2 is 1.21 bits per heavy atom. The lowest BCUT2D eigenvalue weighted by Gasteiger charge is -2.05. The van der Waals surface area contributed by atoms with E-state index >= 15 is 0 Å². The number of hydrogen-bond acceptors (Lipinski definition) is 1. The van der Waals surface area contributed by atoms with Gasteiger partial charge in [0, 0.05) is 50.3 Å². The summed E-state index contributed by atoms with van der Waals surface area (Å²) in [4.78, 5) is 0. The van der Waals surface area contributed by atoms with Crippen LogP contribution in [0.3, 0.4) is 0 Å². The van der Waals surface area contributed by atoms with E-state index in [1.165, 1.54) is 54.4 Å². The monoisotopic (exact) mass is 434 g/mol. The molecule has 0 amide bonds. The van der Waals surface area contributed by atoms with Crippen LogP contribution in [-0.4, -0.2) is 8.97 Å². The minimum atomic E-state index is 0.929. The molecule has 0 N–H and O–H groups in total. The van der Waals surface area contributed by atoms with Crippen LogP contribution in [-0.2, 0) is 7.05 Å². The molecule has 0 bridgehead atoms. The van der Waals surface area contributed by atoms with Crippen LogP contribution in [0.1, 0.15) is 0 Å². The first-order valence-electron chi connectivity index (χ1n) is 11.7. The van der Waals surface area contributed by atoms with Crippen molar-refractivity contribution in [2.24, 2.45) is 7.05 Å². The van der Waals surface area contributed by atoms with Gasteiger partial charge in [-0.1, -0.05) is 66.7 Å². The largest absolute Gasteiger partial charge is 0.454 e. The number of para-hydroxylation sites is 3. The van der Waals surface area contributed by atoms with Crippen molar-refractivity contribution in [3.05, 3.63) is 91.0 Å². The normalized spacial score (nSPS) is 12.9. The van der Waals surface area contributed by atoms with Gasteiger partial charge in [0.15, 0.2) is 5.58 Å². The second-order valence-electron chi connectivity index (χ2n) is 9.41. The summed E-state index contributed by atoms with van der Waals surface area (Å²) < 4.78 is 11.5. The molecule has 0 spiro atoms. The van der Waals surface area contributed by atoms with E-state index in [-0.39, 0.29) is 0 Å². The summed E-state index contributed by atoms with van der Waals surface area (Å²) in [6.45, 7) is 0. The molecule has 4 heterocycles. The highest BCUT2D eigenvalue weighted by Crippen LogP contribution is 2.46. The first-order chi connectivity index (χ1) is 16.8. The van der Waals surface area contributed by atoms with Crippen LogP contribution in [0.2, 0.25) is 0 Å². The van der Waals surface area contributed by atoms with Crippen LogP contribution in [0.25, 0.3) is 81.8 Å². The molecule has 9 rings (SSSR count). The molecule has 0 unspecified atom stereocenters. The molecule has 3 heteroatoms. The number of aryl methyl sites for hydroxylation is 1. The van der Waals surface area contributed by atoms with E-state index in [4.69, 9.17) is 4.42 Å². The summed E-state index contributed by atoms with van der Waals surface area (Å²) in [6.07, 6.45) is 0. The first kappa shape index (κ1) is 17.0. The molecule has 0 atom stereocenters. The van der Waals surface area contributed by atoms with Crippen molar-refractivity contribution in [1.82, 2.24) is 8.97 Å². The predicted molar refractivity (Wildman–Crippen MR) is 142 cm³/mol. The number of nitrogens with zero attached hydrogens (tertiary/aromatic N) is 2. The molecule has 5 aromatic carbocycles. The quantitative estimate of drug-likeness (QED) is 0.235. The van der Waals surface area contributed by atoms with Gasteiger partial charge < -0.3 is 13.4 Å². The Kier molecular flexibility index (Phi) is 2.77. The number of rotatable bonds is 0. The van der Waals surface area contributed by atoms with E-state index in [1.807, 2.05) is 6.07 Å². The number of aromatic nitrogens is 2. The van der Waals surface area contributed by atoms with Gasteiger partial charge in [0.05, 0.1) is 22.1 Å². The zero-order valence-electron chi connectivity index (χ0n) is 18.5. The summed E-state index contributed by atoms with van der Waals surface area (Å²) in [7, 11) is 2.18. The van der Waals surface area contributed by atoms with Crippen molar-refractivity contribution in [3.8, 4) is 0 Å². The molecule has 158 valence electrons. The van der Waals surface area contributed by atoms with Crippen LogP contribution in [0.5, 0.6) is 0 Å². The third kappa shape index (κ3) is 1.74. The lowest BCUT2D eigenvalue weighted by molar-refractivity contribution is 0.671. The Morgan fingerprint density at radius 1 is 0.529 bits per heavy atom. The summed E-state index contributed by atoms with van der Waals surface area (Å²) in [5, 5.41) is 9.99. The molecule has 0 fully saturated rings. The van der Waals surface area contributed by atoms with Gasteiger partial charge in [-0.25, -0.2) is 0 Å². The molecule has 3 nitrogen and oxygen atoms in total. The van der Waals surface area contributed by atoms with E-state index in [2.05, 4.69) is 101 Å². The number of benzene rings is 5. The second-order valence-corrected chi connectivity index (χ2v) is 9.41. The standard InChI is InChI=1S/C31H18N2O/c1-32-24-14-7-10-19-21-12-6-11-20-17-8-2-4-13-23(17)33(29(20)21)30-28(27(19)24)25(32)16-22-18-9-3-5-15-26(18)34-31(22)30/h2-16H,1H3. The minimum Gasteiger partial charge on any atom is -0.454 e. The smallest absolute Gasteiger partial charge is 0.160 e. The van der Waals surface area contributed by atoms with E-state index in [0.717, 1.165) is 27.5 Å². The minimum absolute atomic E-state index is 0.929. The summed E-state index contributed by atoms with van der Waals surface area (Å²) in [5.74, 6) is 0. The lowest BCUT2D eigenvalue weighted by atomic mass is 10.0. The zero-order valence-corrected chi connectivity index (χ0v) is 18.5. The van der Waals surface area contributed by atoms with E-state index in [0.29, 0.717) is 0 Å². The van der Waals surface area contributed by atoms with Gasteiger partial charge in [-0.05, 0) is 29.7 Å². The number of hydrogen-bond donors (Lipinski definition) is 0. The van der Waals surface area contributed by atoms with Crippen molar-refractivity contribution in [1.29, 1.82) is 0 Å². The van der Waals surface area contributed by atoms with Gasteiger partial charge >= 0.3 is 0 Å². The van der Waals surface area contributed by atoms with Crippen LogP contribution in [0, 0.1) is 0 Å². The van der Waals surface area contributed by atoms with Crippen molar-refractivity contribution < 1.29 is 4.42 Å². The van der Waals surface area contributed by atoms with Gasteiger partial charge in [0.1, 0.15) is 5.58 Å². The van der Waals surface area contributed by atoms with Crippen molar-refractivity contribution in [3.63, 3.8) is 0 Å². The Balaban J connectivity index is 1.82. The van der Waals surface area contributed by atoms with E-state index in [9.17, 15) is 0 Å². The fourth-order valence-corrected chi connectivity index (χ4v) is 6.46. The third-order valence-electron chi connectivity index (χ3n) is 7.85. The van der Waals surface area contributed by atoms with Crippen LogP contribution in [0.15, 0.2) is 95.4 Å². The Morgan fingerprint density at radius 3 is 2.12 bits per heavy atom. The lowest BCUT2D eigenvalue weighted by Crippen LogP contribution is -1.90. The fraction of sp³-hybridized carbons (Fsp3) is 0.0323. The van der Waals surface area contributed by atoms with Crippen molar-refractivity contribution in [2.45, 2.75) is 0 Å². The maximum Gasteiger partial charge on any atom is 0.160 e. The predicted octanol–water partition coefficient (Wildman–Crippen LogP) is 8.38. The second kappa shape index (κ2) is 5.52. The fourth-order valence-electron chi connectivity index (χ4n) is 6.46. The molecule has 0 aliphatic rings. The SMILES string of the molecule is Cn1c2cccc3c4cccc5c6ccccc6n(c45)c4c5oc6ccccc6c5cc1c4c32. The Bertz CT molecular complexity index is 2290. The molecule has 4 aromatic heterocycles. The molecule has 0 radical (unpaired) electrons. The van der Waals surface area contributed by atoms with Gasteiger partial charge in [-0.2, -0.15) is 0 Å². The van der Waals surface area contributed by atoms with Crippen molar-refractivity contribution >= 4 is 81.8 Å². The number of fused-ring (bicyclic) bond motifs is 9. The van der Waals surface area contributed by atoms with Crippen LogP contribution in [0.4, 0.5) is 0 Å². The molecule has 0 aliphatic carbocycles. The third-order valence-corrected chi connectivity index (χ3v) is 7.85. The van der Waals surface area contributed by atoms with Crippen LogP contribution < -0.4 is 0 Å². The molecule has 0 saturated carbocycles. The highest BCUT2D eigenvalue weighted by molar-refractivity contribution is 6.35. The zero-order chi connectivity index (χ0) is 22.1. The van der Waals surface area contributed by atoms with Gasteiger partial charge in [0.25, 0.3) is 0 Å². The average Bonchev–Trinajstić information content (AvgIpc) is 3.48. The highest BCUT2D eigenvalue weighted by Gasteiger charge is 2.24. The Labute approximate surface area is 193 Å². The molecule has 0 aliphatic heterocycles. The molecular weight excluding hydrogens is 416 g/mol. The first-order valence-corrected chi connectivity index (χ1v) is 11.7. The summed E-state index contributed by atoms with van der Waals surface area (Å²) in [6, 6.07) is 32.9. The van der Waals surface area contributed by atoms with Gasteiger partial charge in [0.2, 0.25) is 0 Å². The van der Waals surface area contributed by atoms with E-state index < -0.39 is 0 Å². The molecule has 9 aromatic rings. The highest BCUT2D eigenvalue weighted by atomic mass is 16.3. The van der Waals surface area contributed by atoms with Gasteiger partial charge in [-0.15, -0.1) is 0 Å². The topological polar surface area (TPSA) is 22.5 Å². The molecule has 34 heavy (non-hydrogen) atoms. The van der Waals surface area contributed by atoms with Crippen molar-refractivity contribution in [2.75, 3.05) is 0 Å². The summed E-state index contributed by atoms with van der Waals surface area (Å²) >= 11 is 0. The Hall–Kier alpha value is -4.50. The number of furan rings is 1. The molecular formula is C31H18N2O. The molecule has 0 saturated heterocycles. The average molecular weight is 434 g/mol. The summed E-state index contributed by atoms with van der Waals surface area (Å²) in [5.41, 5.74) is 7.98. The van der Waals surface area contributed by atoms with E-state index in [1.54, 1.807) is 0 Å². The van der Waals surface area contributed by atoms with Gasteiger partial charge in [-0.3, -0.25) is 0 Å². The maximum atomic E-state index is 6.66. The maximum absolute atomic E-state index is 6.66.